The molecule has 7 nitrogen and oxygen atoms in total. The Morgan fingerprint density at radius 3 is 1.42 bits per heavy atom. The zero-order valence-corrected chi connectivity index (χ0v) is 12.3. The summed E-state index contributed by atoms with van der Waals surface area (Å²) in [5.41, 5.74) is -1.04. The van der Waals surface area contributed by atoms with Gasteiger partial charge in [-0.05, 0) is 13.8 Å². The smallest absolute Gasteiger partial charge is 0.273 e. The van der Waals surface area contributed by atoms with Gasteiger partial charge in [-0.15, -0.1) is 0 Å². The number of urea groups is 1. The molecule has 2 aliphatic rings. The summed E-state index contributed by atoms with van der Waals surface area (Å²) in [5, 5.41) is 0. The lowest BCUT2D eigenvalue weighted by atomic mass is 10.1. The first-order chi connectivity index (χ1) is 8.60. The maximum absolute atomic E-state index is 11.1. The van der Waals surface area contributed by atoms with Crippen molar-refractivity contribution in [3.63, 3.8) is 0 Å². The van der Waals surface area contributed by atoms with Gasteiger partial charge in [0.2, 0.25) is 11.8 Å². The van der Waals surface area contributed by atoms with Crippen LogP contribution in [-0.4, -0.2) is 42.5 Å². The average Bonchev–Trinajstić information content (AvgIpc) is 2.72. The van der Waals surface area contributed by atoms with Crippen LogP contribution in [0.4, 0.5) is 4.79 Å². The van der Waals surface area contributed by atoms with Crippen LogP contribution in [0.5, 0.6) is 0 Å². The normalized spacial score (nSPS) is 22.1. The Balaban J connectivity index is 0.000000200. The summed E-state index contributed by atoms with van der Waals surface area (Å²) in [7, 11) is 0. The molecule has 0 aromatic heterocycles. The Morgan fingerprint density at radius 1 is 0.895 bits per heavy atom. The van der Waals surface area contributed by atoms with Gasteiger partial charge in [-0.2, -0.15) is 8.84 Å². The largest absolute Gasteiger partial charge is 0.357 e. The first kappa shape index (κ1) is 16.0. The van der Waals surface area contributed by atoms with E-state index in [2.05, 4.69) is 0 Å². The number of carbonyl (C=O) groups excluding carboxylic acids is 4. The van der Waals surface area contributed by atoms with E-state index in [1.165, 1.54) is 13.8 Å². The average molecular weight is 331 g/mol. The molecule has 0 unspecified atom stereocenters. The number of imide groups is 2. The van der Waals surface area contributed by atoms with Crippen LogP contribution in [0.3, 0.4) is 0 Å². The van der Waals surface area contributed by atoms with Crippen molar-refractivity contribution in [2.45, 2.75) is 32.2 Å². The van der Waals surface area contributed by atoms with Crippen LogP contribution in [0.15, 0.2) is 0 Å². The fraction of sp³-hybridized carbons (Fsp3) is 0.556. The molecule has 5 amide bonds. The highest BCUT2D eigenvalue weighted by atomic mass is 35.5. The molecule has 2 heterocycles. The number of rotatable bonds is 0. The standard InChI is InChI=1S/C5H6Cl2N2O2.C4H4ClNO2/c1-5(2)3(10)8(6)4(11)9(5)7;5-6-3(7)1-2-4(6)8/h1-2H3;1-2H2. The predicted molar refractivity (Wildman–Crippen MR) is 66.8 cm³/mol. The molecular formula is C9H10Cl3N3O4. The van der Waals surface area contributed by atoms with E-state index in [1.807, 2.05) is 0 Å². The van der Waals surface area contributed by atoms with Crippen molar-refractivity contribution in [3.8, 4) is 0 Å². The quantitative estimate of drug-likeness (QED) is 0.384. The summed E-state index contributed by atoms with van der Waals surface area (Å²) in [6, 6.07) is -0.705. The van der Waals surface area contributed by atoms with Gasteiger partial charge in [0.05, 0.1) is 0 Å². The minimum atomic E-state index is -1.04. The minimum absolute atomic E-state index is 0.266. The number of hydrogen-bond donors (Lipinski definition) is 0. The summed E-state index contributed by atoms with van der Waals surface area (Å²) in [4.78, 5) is 42.7. The molecule has 0 aromatic rings. The van der Waals surface area contributed by atoms with E-state index in [4.69, 9.17) is 35.3 Å². The minimum Gasteiger partial charge on any atom is -0.273 e. The van der Waals surface area contributed by atoms with Crippen molar-refractivity contribution in [1.82, 2.24) is 13.3 Å². The van der Waals surface area contributed by atoms with Gasteiger partial charge in [0.15, 0.2) is 0 Å². The van der Waals surface area contributed by atoms with Crippen LogP contribution < -0.4 is 0 Å². The lowest BCUT2D eigenvalue weighted by Gasteiger charge is -2.18. The number of nitrogens with zero attached hydrogens (tertiary/aromatic N) is 3. The molecule has 2 fully saturated rings. The highest BCUT2D eigenvalue weighted by molar-refractivity contribution is 6.39. The summed E-state index contributed by atoms with van der Waals surface area (Å²) >= 11 is 15.9. The van der Waals surface area contributed by atoms with Crippen molar-refractivity contribution in [3.05, 3.63) is 0 Å². The second kappa shape index (κ2) is 5.52. The Morgan fingerprint density at radius 2 is 1.32 bits per heavy atom. The number of carbonyl (C=O) groups is 4. The molecule has 106 valence electrons. The molecule has 0 radical (unpaired) electrons. The summed E-state index contributed by atoms with van der Waals surface area (Å²) in [6.45, 7) is 3.03. The molecule has 19 heavy (non-hydrogen) atoms. The predicted octanol–water partition coefficient (Wildman–Crippen LogP) is 1.63. The van der Waals surface area contributed by atoms with Crippen molar-refractivity contribution < 1.29 is 19.2 Å². The van der Waals surface area contributed by atoms with Gasteiger partial charge >= 0.3 is 6.03 Å². The lowest BCUT2D eigenvalue weighted by Crippen LogP contribution is -2.38. The molecule has 0 aliphatic carbocycles. The van der Waals surface area contributed by atoms with Crippen LogP contribution >= 0.6 is 35.3 Å². The molecule has 2 saturated heterocycles. The van der Waals surface area contributed by atoms with Gasteiger partial charge < -0.3 is 0 Å². The van der Waals surface area contributed by atoms with Crippen LogP contribution in [0.25, 0.3) is 0 Å². The topological polar surface area (TPSA) is 78.0 Å². The van der Waals surface area contributed by atoms with Crippen molar-refractivity contribution in [2.24, 2.45) is 0 Å². The Kier molecular flexibility index (Phi) is 4.65. The molecule has 2 aliphatic heterocycles. The Labute approximate surface area is 124 Å². The molecular weight excluding hydrogens is 320 g/mol. The van der Waals surface area contributed by atoms with E-state index in [1.54, 1.807) is 0 Å². The maximum atomic E-state index is 11.1. The Bertz CT molecular complexity index is 438. The van der Waals surface area contributed by atoms with E-state index in [0.29, 0.717) is 8.84 Å². The van der Waals surface area contributed by atoms with E-state index < -0.39 is 17.5 Å². The zero-order valence-electron chi connectivity index (χ0n) is 10.0. The molecule has 10 heteroatoms. The van der Waals surface area contributed by atoms with E-state index in [9.17, 15) is 19.2 Å². The third-order valence-corrected chi connectivity index (χ3v) is 3.76. The van der Waals surface area contributed by atoms with E-state index >= 15 is 0 Å². The van der Waals surface area contributed by atoms with E-state index in [-0.39, 0.29) is 24.7 Å². The number of hydrogen-bond acceptors (Lipinski definition) is 4. The molecule has 0 N–H and O–H groups in total. The van der Waals surface area contributed by atoms with Crippen LogP contribution in [0.2, 0.25) is 0 Å². The van der Waals surface area contributed by atoms with Gasteiger partial charge in [-0.25, -0.2) is 9.21 Å². The van der Waals surface area contributed by atoms with Gasteiger partial charge in [0, 0.05) is 48.2 Å². The second-order valence-electron chi connectivity index (χ2n) is 4.28. The SMILES string of the molecule is CC1(C)C(=O)N(Cl)C(=O)N1Cl.O=C1CCC(=O)N1Cl. The molecule has 0 atom stereocenters. The lowest BCUT2D eigenvalue weighted by molar-refractivity contribution is -0.132. The maximum Gasteiger partial charge on any atom is 0.357 e. The first-order valence-electron chi connectivity index (χ1n) is 5.12. The van der Waals surface area contributed by atoms with Gasteiger partial charge in [-0.3, -0.25) is 14.4 Å². The van der Waals surface area contributed by atoms with Crippen LogP contribution in [0.1, 0.15) is 26.7 Å². The third-order valence-electron chi connectivity index (χ3n) is 2.52. The highest BCUT2D eigenvalue weighted by Gasteiger charge is 2.50. The first-order valence-corrected chi connectivity index (χ1v) is 6.14. The fourth-order valence-corrected chi connectivity index (χ4v) is 1.91. The monoisotopic (exact) mass is 329 g/mol. The van der Waals surface area contributed by atoms with Crippen molar-refractivity contribution in [2.75, 3.05) is 0 Å². The Hall–Kier alpha value is -1.05. The number of halogens is 3. The molecule has 2 rings (SSSR count). The molecule has 0 aromatic carbocycles. The highest BCUT2D eigenvalue weighted by Crippen LogP contribution is 2.30. The second-order valence-corrected chi connectivity index (χ2v) is 5.29. The molecule has 0 spiro atoms. The van der Waals surface area contributed by atoms with Gasteiger partial charge in [0.25, 0.3) is 5.91 Å². The van der Waals surface area contributed by atoms with Crippen molar-refractivity contribution in [1.29, 1.82) is 0 Å². The van der Waals surface area contributed by atoms with E-state index in [0.717, 1.165) is 4.42 Å². The van der Waals surface area contributed by atoms with Crippen LogP contribution in [-0.2, 0) is 14.4 Å². The van der Waals surface area contributed by atoms with Crippen LogP contribution in [0, 0.1) is 0 Å². The molecule has 0 saturated carbocycles. The summed E-state index contributed by atoms with van der Waals surface area (Å²) in [5.74, 6) is -1.10. The summed E-state index contributed by atoms with van der Waals surface area (Å²) < 4.78 is 1.90. The number of amides is 5. The third kappa shape index (κ3) is 2.93. The van der Waals surface area contributed by atoms with Gasteiger partial charge in [-0.1, -0.05) is 0 Å². The summed E-state index contributed by atoms with van der Waals surface area (Å²) in [6.07, 6.45) is 0.532. The van der Waals surface area contributed by atoms with Crippen molar-refractivity contribution >= 4 is 59.1 Å². The fourth-order valence-electron chi connectivity index (χ4n) is 1.28. The zero-order chi connectivity index (χ0) is 15.0. The van der Waals surface area contributed by atoms with Gasteiger partial charge in [0.1, 0.15) is 5.54 Å². The molecule has 0 bridgehead atoms.